The molecule has 0 aromatic heterocycles. The van der Waals surface area contributed by atoms with Crippen LogP contribution in [0.2, 0.25) is 0 Å². The molecule has 0 aliphatic carbocycles. The molecule has 1 nitrogen and oxygen atoms in total. The number of unbranched alkanes of at least 4 members (excludes halogenated alkanes) is 10. The average molecular weight is 385 g/mol. The van der Waals surface area contributed by atoms with Crippen LogP contribution in [-0.4, -0.2) is 18.5 Å². The Balaban J connectivity index is 0. The quantitative estimate of drug-likeness (QED) is 0.226. The smallest absolute Gasteiger partial charge is 0.0223 e. The van der Waals surface area contributed by atoms with Gasteiger partial charge in [0.2, 0.25) is 0 Å². The molecule has 0 saturated heterocycles. The maximum Gasteiger partial charge on any atom is 0.0223 e. The summed E-state index contributed by atoms with van der Waals surface area (Å²) in [6.45, 7) is 5.77. The molecule has 0 aliphatic rings. The van der Waals surface area contributed by atoms with Crippen molar-refractivity contribution in [2.75, 3.05) is 12.4 Å². The molecule has 0 fully saturated rings. The van der Waals surface area contributed by atoms with Crippen molar-refractivity contribution < 1.29 is 0 Å². The Kier molecular flexibility index (Phi) is 23.7. The number of alkyl halides is 1. The molecule has 1 atom stereocenters. The summed E-state index contributed by atoms with van der Waals surface area (Å²) in [5.41, 5.74) is 0. The summed E-state index contributed by atoms with van der Waals surface area (Å²) in [6, 6.07) is 0.690. The van der Waals surface area contributed by atoms with Crippen LogP contribution in [0.5, 0.6) is 0 Å². The highest BCUT2D eigenvalue weighted by molar-refractivity contribution is 8.93. The topological polar surface area (TPSA) is 12.0 Å². The van der Waals surface area contributed by atoms with E-state index in [-0.39, 0.29) is 17.0 Å². The van der Waals surface area contributed by atoms with E-state index in [0.717, 1.165) is 18.8 Å². The molecule has 0 bridgehead atoms. The Morgan fingerprint density at radius 3 is 1.86 bits per heavy atom. The summed E-state index contributed by atoms with van der Waals surface area (Å²) in [5, 5.41) is 3.62. The van der Waals surface area contributed by atoms with Crippen LogP contribution in [0.1, 0.15) is 97.3 Å². The SMILES string of the molecule is Br.CCCCCCCCCCCC(C)NCCCCCCl. The molecule has 0 radical (unpaired) electrons. The fraction of sp³-hybridized carbons (Fsp3) is 1.00. The van der Waals surface area contributed by atoms with Crippen molar-refractivity contribution in [2.45, 2.75) is 103 Å². The van der Waals surface area contributed by atoms with Gasteiger partial charge in [-0.15, -0.1) is 28.6 Å². The Morgan fingerprint density at radius 2 is 1.29 bits per heavy atom. The first-order valence-corrected chi connectivity index (χ1v) is 9.64. The summed E-state index contributed by atoms with van der Waals surface area (Å²) in [5.74, 6) is 0.813. The highest BCUT2D eigenvalue weighted by atomic mass is 79.9. The fourth-order valence-corrected chi connectivity index (χ4v) is 2.80. The van der Waals surface area contributed by atoms with Gasteiger partial charge in [0, 0.05) is 11.9 Å². The van der Waals surface area contributed by atoms with Gasteiger partial charge in [-0.3, -0.25) is 0 Å². The number of nitrogens with one attached hydrogen (secondary N) is 1. The van der Waals surface area contributed by atoms with Gasteiger partial charge in [-0.2, -0.15) is 0 Å². The second-order valence-corrected chi connectivity index (χ2v) is 6.60. The van der Waals surface area contributed by atoms with Crippen molar-refractivity contribution >= 4 is 28.6 Å². The average Bonchev–Trinajstić information content (AvgIpc) is 2.45. The molecule has 0 saturated carbocycles. The Labute approximate surface area is 149 Å². The molecular weight excluding hydrogens is 346 g/mol. The molecule has 21 heavy (non-hydrogen) atoms. The van der Waals surface area contributed by atoms with E-state index in [1.54, 1.807) is 0 Å². The monoisotopic (exact) mass is 383 g/mol. The normalized spacial score (nSPS) is 12.1. The highest BCUT2D eigenvalue weighted by Crippen LogP contribution is 2.11. The van der Waals surface area contributed by atoms with Gasteiger partial charge in [0.15, 0.2) is 0 Å². The zero-order chi connectivity index (χ0) is 14.9. The molecule has 3 heteroatoms. The lowest BCUT2D eigenvalue weighted by Gasteiger charge is -2.13. The fourth-order valence-electron chi connectivity index (χ4n) is 2.61. The summed E-state index contributed by atoms with van der Waals surface area (Å²) in [6.07, 6.45) is 17.9. The molecule has 0 heterocycles. The minimum absolute atomic E-state index is 0. The molecule has 1 unspecified atom stereocenters. The Morgan fingerprint density at radius 1 is 0.762 bits per heavy atom. The van der Waals surface area contributed by atoms with E-state index in [2.05, 4.69) is 19.2 Å². The maximum absolute atomic E-state index is 5.67. The lowest BCUT2D eigenvalue weighted by atomic mass is 10.0. The second kappa shape index (κ2) is 20.7. The van der Waals surface area contributed by atoms with Crippen LogP contribution in [0, 0.1) is 0 Å². The summed E-state index contributed by atoms with van der Waals surface area (Å²) in [4.78, 5) is 0. The van der Waals surface area contributed by atoms with E-state index in [4.69, 9.17) is 11.6 Å². The van der Waals surface area contributed by atoms with Crippen LogP contribution < -0.4 is 5.32 Å². The molecule has 1 N–H and O–H groups in total. The van der Waals surface area contributed by atoms with Crippen LogP contribution in [-0.2, 0) is 0 Å². The van der Waals surface area contributed by atoms with Crippen molar-refractivity contribution in [3.05, 3.63) is 0 Å². The molecule has 0 rings (SSSR count). The standard InChI is InChI=1S/C18H38ClN.BrH/c1-3-4-5-6-7-8-9-10-12-15-18(2)20-17-14-11-13-16-19;/h18,20H,3-17H2,1-2H3;1H. The molecule has 0 spiro atoms. The maximum atomic E-state index is 5.67. The third-order valence-corrected chi connectivity index (χ3v) is 4.31. The van der Waals surface area contributed by atoms with Gasteiger partial charge in [-0.25, -0.2) is 0 Å². The summed E-state index contributed by atoms with van der Waals surface area (Å²) >= 11 is 5.67. The molecule has 0 aliphatic heterocycles. The van der Waals surface area contributed by atoms with Gasteiger partial charge in [0.25, 0.3) is 0 Å². The minimum Gasteiger partial charge on any atom is -0.314 e. The van der Waals surface area contributed by atoms with E-state index >= 15 is 0 Å². The molecular formula is C18H39BrClN. The van der Waals surface area contributed by atoms with Gasteiger partial charge < -0.3 is 5.32 Å². The first kappa shape index (κ1) is 24.0. The third kappa shape index (κ3) is 20.7. The van der Waals surface area contributed by atoms with E-state index in [1.807, 2.05) is 0 Å². The van der Waals surface area contributed by atoms with Gasteiger partial charge in [-0.05, 0) is 32.7 Å². The first-order valence-electron chi connectivity index (χ1n) is 9.10. The zero-order valence-corrected chi connectivity index (χ0v) is 16.9. The minimum atomic E-state index is 0. The number of hydrogen-bond acceptors (Lipinski definition) is 1. The van der Waals surface area contributed by atoms with Gasteiger partial charge >= 0.3 is 0 Å². The molecule has 130 valence electrons. The van der Waals surface area contributed by atoms with Crippen molar-refractivity contribution in [1.82, 2.24) is 5.32 Å². The Bertz CT molecular complexity index is 179. The largest absolute Gasteiger partial charge is 0.314 e. The highest BCUT2D eigenvalue weighted by Gasteiger charge is 2.00. The summed E-state index contributed by atoms with van der Waals surface area (Å²) < 4.78 is 0. The third-order valence-electron chi connectivity index (χ3n) is 4.04. The number of hydrogen-bond donors (Lipinski definition) is 1. The van der Waals surface area contributed by atoms with Crippen molar-refractivity contribution in [2.24, 2.45) is 0 Å². The van der Waals surface area contributed by atoms with Crippen LogP contribution >= 0.6 is 28.6 Å². The number of rotatable bonds is 16. The first-order chi connectivity index (χ1) is 9.81. The van der Waals surface area contributed by atoms with Crippen LogP contribution in [0.3, 0.4) is 0 Å². The van der Waals surface area contributed by atoms with Crippen LogP contribution in [0.15, 0.2) is 0 Å². The lowest BCUT2D eigenvalue weighted by molar-refractivity contribution is 0.468. The predicted molar refractivity (Wildman–Crippen MR) is 104 cm³/mol. The zero-order valence-electron chi connectivity index (χ0n) is 14.5. The summed E-state index contributed by atoms with van der Waals surface area (Å²) in [7, 11) is 0. The van der Waals surface area contributed by atoms with Gasteiger partial charge in [-0.1, -0.05) is 71.1 Å². The van der Waals surface area contributed by atoms with Gasteiger partial charge in [0.05, 0.1) is 0 Å². The molecule has 0 aromatic carbocycles. The van der Waals surface area contributed by atoms with Crippen LogP contribution in [0.4, 0.5) is 0 Å². The molecule has 0 aromatic rings. The van der Waals surface area contributed by atoms with E-state index in [0.29, 0.717) is 6.04 Å². The van der Waals surface area contributed by atoms with Gasteiger partial charge in [0.1, 0.15) is 0 Å². The van der Waals surface area contributed by atoms with E-state index < -0.39 is 0 Å². The van der Waals surface area contributed by atoms with Crippen molar-refractivity contribution in [3.63, 3.8) is 0 Å². The van der Waals surface area contributed by atoms with Crippen molar-refractivity contribution in [3.8, 4) is 0 Å². The van der Waals surface area contributed by atoms with E-state index in [1.165, 1.54) is 77.0 Å². The van der Waals surface area contributed by atoms with E-state index in [9.17, 15) is 0 Å². The molecule has 0 amide bonds. The Hall–Kier alpha value is 0.730. The number of halogens is 2. The van der Waals surface area contributed by atoms with Crippen LogP contribution in [0.25, 0.3) is 0 Å². The van der Waals surface area contributed by atoms with Crippen molar-refractivity contribution in [1.29, 1.82) is 0 Å². The predicted octanol–water partition coefficient (Wildman–Crippen LogP) is 6.87. The second-order valence-electron chi connectivity index (χ2n) is 6.22. The lowest BCUT2D eigenvalue weighted by Crippen LogP contribution is -2.26.